The second kappa shape index (κ2) is 5.34. The summed E-state index contributed by atoms with van der Waals surface area (Å²) < 4.78 is 1.24. The van der Waals surface area contributed by atoms with Gasteiger partial charge in [-0.15, -0.1) is 0 Å². The van der Waals surface area contributed by atoms with Crippen molar-refractivity contribution in [2.24, 2.45) is 0 Å². The molecule has 0 spiro atoms. The Bertz CT molecular complexity index is 365. The van der Waals surface area contributed by atoms with Crippen molar-refractivity contribution in [1.82, 2.24) is 9.78 Å². The molecule has 0 amide bonds. The van der Waals surface area contributed by atoms with Crippen molar-refractivity contribution >= 4 is 23.2 Å². The van der Waals surface area contributed by atoms with Gasteiger partial charge in [0.1, 0.15) is 5.02 Å². The fraction of sp³-hybridized carbons (Fsp3) is 0.500. The molecule has 0 fully saturated rings. The fourth-order valence-corrected chi connectivity index (χ4v) is 1.25. The number of hydrogen-bond acceptors (Lipinski definition) is 3. The van der Waals surface area contributed by atoms with E-state index in [4.69, 9.17) is 28.3 Å². The highest BCUT2D eigenvalue weighted by Crippen LogP contribution is 2.14. The van der Waals surface area contributed by atoms with Gasteiger partial charge in [0.15, 0.2) is 0 Å². The maximum absolute atomic E-state index is 11.4. The lowest BCUT2D eigenvalue weighted by atomic mass is 10.3. The minimum atomic E-state index is -0.392. The number of aliphatic hydroxyl groups is 1. The summed E-state index contributed by atoms with van der Waals surface area (Å²) in [6.07, 6.45) is 2.65. The van der Waals surface area contributed by atoms with E-state index in [2.05, 4.69) is 5.10 Å². The van der Waals surface area contributed by atoms with E-state index in [1.54, 1.807) is 0 Å². The van der Waals surface area contributed by atoms with Gasteiger partial charge in [-0.1, -0.05) is 23.2 Å². The summed E-state index contributed by atoms with van der Waals surface area (Å²) >= 11 is 11.2. The molecule has 0 radical (unpaired) electrons. The van der Waals surface area contributed by atoms with Crippen molar-refractivity contribution in [3.8, 4) is 0 Å². The second-order valence-electron chi connectivity index (χ2n) is 2.77. The van der Waals surface area contributed by atoms with Crippen LogP contribution >= 0.6 is 23.2 Å². The van der Waals surface area contributed by atoms with E-state index in [9.17, 15) is 4.79 Å². The number of hydrogen-bond donors (Lipinski definition) is 1. The molecule has 6 heteroatoms. The lowest BCUT2D eigenvalue weighted by molar-refractivity contribution is 0.279. The maximum Gasteiger partial charge on any atom is 0.287 e. The van der Waals surface area contributed by atoms with Crippen LogP contribution in [-0.4, -0.2) is 21.5 Å². The zero-order chi connectivity index (χ0) is 10.6. The Kier molecular flexibility index (Phi) is 4.38. The highest BCUT2D eigenvalue weighted by atomic mass is 35.5. The summed E-state index contributed by atoms with van der Waals surface area (Å²) in [6, 6.07) is 0. The van der Waals surface area contributed by atoms with Crippen LogP contribution in [0.5, 0.6) is 0 Å². The minimum absolute atomic E-state index is 0.00864. The quantitative estimate of drug-likeness (QED) is 0.803. The Morgan fingerprint density at radius 1 is 1.43 bits per heavy atom. The second-order valence-corrected chi connectivity index (χ2v) is 3.55. The van der Waals surface area contributed by atoms with Gasteiger partial charge < -0.3 is 5.11 Å². The molecule has 1 heterocycles. The van der Waals surface area contributed by atoms with Crippen LogP contribution in [0.25, 0.3) is 0 Å². The van der Waals surface area contributed by atoms with Gasteiger partial charge in [-0.25, -0.2) is 4.68 Å². The molecule has 1 aromatic heterocycles. The van der Waals surface area contributed by atoms with Gasteiger partial charge in [0, 0.05) is 13.2 Å². The molecule has 0 aliphatic rings. The first kappa shape index (κ1) is 11.5. The molecule has 14 heavy (non-hydrogen) atoms. The van der Waals surface area contributed by atoms with Crippen LogP contribution in [0.2, 0.25) is 10.0 Å². The minimum Gasteiger partial charge on any atom is -0.396 e. The normalized spacial score (nSPS) is 10.5. The molecule has 4 nitrogen and oxygen atoms in total. The van der Waals surface area contributed by atoms with Crippen LogP contribution in [0.3, 0.4) is 0 Å². The molecule has 78 valence electrons. The van der Waals surface area contributed by atoms with E-state index < -0.39 is 5.56 Å². The van der Waals surface area contributed by atoms with Crippen LogP contribution in [0.15, 0.2) is 11.0 Å². The van der Waals surface area contributed by atoms with Gasteiger partial charge in [-0.2, -0.15) is 5.10 Å². The zero-order valence-corrected chi connectivity index (χ0v) is 8.92. The van der Waals surface area contributed by atoms with E-state index in [1.807, 2.05) is 0 Å². The fourth-order valence-electron chi connectivity index (χ4n) is 0.978. The van der Waals surface area contributed by atoms with Gasteiger partial charge in [0.05, 0.1) is 11.2 Å². The lowest BCUT2D eigenvalue weighted by Gasteiger charge is -2.03. The standard InChI is InChI=1S/C8H10Cl2N2O2/c9-6-5-11-12(3-1-2-4-13)8(14)7(6)10/h5,13H,1-4H2. The van der Waals surface area contributed by atoms with Crippen LogP contribution in [0.4, 0.5) is 0 Å². The van der Waals surface area contributed by atoms with Gasteiger partial charge in [-0.05, 0) is 12.8 Å². The average Bonchev–Trinajstić information content (AvgIpc) is 2.18. The molecular weight excluding hydrogens is 227 g/mol. The molecule has 0 aromatic carbocycles. The van der Waals surface area contributed by atoms with E-state index in [0.717, 1.165) is 0 Å². The number of aromatic nitrogens is 2. The highest BCUT2D eigenvalue weighted by molar-refractivity contribution is 6.41. The number of unbranched alkanes of at least 4 members (excludes halogenated alkanes) is 1. The van der Waals surface area contributed by atoms with Crippen molar-refractivity contribution < 1.29 is 5.11 Å². The molecule has 0 unspecified atom stereocenters. The third kappa shape index (κ3) is 2.70. The van der Waals surface area contributed by atoms with Gasteiger partial charge >= 0.3 is 0 Å². The molecule has 0 atom stereocenters. The van der Waals surface area contributed by atoms with Crippen molar-refractivity contribution in [2.45, 2.75) is 19.4 Å². The maximum atomic E-state index is 11.4. The molecule has 1 N–H and O–H groups in total. The number of rotatable bonds is 4. The van der Waals surface area contributed by atoms with Crippen molar-refractivity contribution in [1.29, 1.82) is 0 Å². The van der Waals surface area contributed by atoms with Gasteiger partial charge in [0.25, 0.3) is 5.56 Å². The van der Waals surface area contributed by atoms with E-state index >= 15 is 0 Å². The van der Waals surface area contributed by atoms with Crippen molar-refractivity contribution in [2.75, 3.05) is 6.61 Å². The smallest absolute Gasteiger partial charge is 0.287 e. The monoisotopic (exact) mass is 236 g/mol. The third-order valence-electron chi connectivity index (χ3n) is 1.72. The first-order valence-corrected chi connectivity index (χ1v) is 4.94. The summed E-state index contributed by atoms with van der Waals surface area (Å²) in [7, 11) is 0. The molecule has 0 aliphatic heterocycles. The van der Waals surface area contributed by atoms with Gasteiger partial charge in [-0.3, -0.25) is 4.79 Å². The Morgan fingerprint density at radius 2 is 2.14 bits per heavy atom. The predicted octanol–water partition coefficient (Wildman–Crippen LogP) is 1.32. The molecule has 1 aromatic rings. The molecule has 0 saturated heterocycles. The molecule has 0 saturated carbocycles. The SMILES string of the molecule is O=c1c(Cl)c(Cl)cnn1CCCCO. The number of halogens is 2. The summed E-state index contributed by atoms with van der Waals surface area (Å²) in [4.78, 5) is 11.4. The van der Waals surface area contributed by atoms with E-state index in [0.29, 0.717) is 19.4 Å². The Hall–Kier alpha value is -0.580. The molecule has 0 aliphatic carbocycles. The Morgan fingerprint density at radius 3 is 2.79 bits per heavy atom. The van der Waals surface area contributed by atoms with Crippen molar-refractivity contribution in [3.05, 3.63) is 26.6 Å². The average molecular weight is 237 g/mol. The predicted molar refractivity (Wildman–Crippen MR) is 54.8 cm³/mol. The summed E-state index contributed by atoms with van der Waals surface area (Å²) in [6.45, 7) is 0.548. The lowest BCUT2D eigenvalue weighted by Crippen LogP contribution is -2.23. The summed E-state index contributed by atoms with van der Waals surface area (Å²) in [5, 5.41) is 12.5. The first-order chi connectivity index (χ1) is 6.66. The van der Waals surface area contributed by atoms with Crippen LogP contribution < -0.4 is 5.56 Å². The molecule has 0 bridgehead atoms. The van der Waals surface area contributed by atoms with Crippen molar-refractivity contribution in [3.63, 3.8) is 0 Å². The van der Waals surface area contributed by atoms with Crippen LogP contribution in [-0.2, 0) is 6.54 Å². The summed E-state index contributed by atoms with van der Waals surface area (Å²) in [5.41, 5.74) is -0.392. The van der Waals surface area contributed by atoms with E-state index in [1.165, 1.54) is 10.9 Å². The Labute approximate surface area is 91.1 Å². The summed E-state index contributed by atoms with van der Waals surface area (Å²) in [5.74, 6) is 0. The van der Waals surface area contributed by atoms with Crippen LogP contribution in [0.1, 0.15) is 12.8 Å². The van der Waals surface area contributed by atoms with Gasteiger partial charge in [0.2, 0.25) is 0 Å². The van der Waals surface area contributed by atoms with E-state index in [-0.39, 0.29) is 16.7 Å². The number of aliphatic hydroxyl groups excluding tert-OH is 1. The third-order valence-corrected chi connectivity index (χ3v) is 2.47. The van der Waals surface area contributed by atoms with Crippen LogP contribution in [0, 0.1) is 0 Å². The molecule has 1 rings (SSSR count). The first-order valence-electron chi connectivity index (χ1n) is 4.19. The topological polar surface area (TPSA) is 55.1 Å². The largest absolute Gasteiger partial charge is 0.396 e. The number of nitrogens with zero attached hydrogens (tertiary/aromatic N) is 2. The highest BCUT2D eigenvalue weighted by Gasteiger charge is 2.06. The Balaban J connectivity index is 2.79. The number of aryl methyl sites for hydroxylation is 1. The zero-order valence-electron chi connectivity index (χ0n) is 7.41. The molecular formula is C8H10Cl2N2O2.